The van der Waals surface area contributed by atoms with E-state index in [4.69, 9.17) is 9.47 Å². The molecule has 0 atom stereocenters. The van der Waals surface area contributed by atoms with Gasteiger partial charge in [-0.2, -0.15) is 5.10 Å². The molecule has 1 aliphatic heterocycles. The molecule has 192 valence electrons. The Morgan fingerprint density at radius 1 is 1.14 bits per heavy atom. The molecular weight excluding hydrogens is 477 g/mol. The van der Waals surface area contributed by atoms with Crippen LogP contribution in [0.15, 0.2) is 55.1 Å². The molecule has 1 fully saturated rings. The van der Waals surface area contributed by atoms with Crippen molar-refractivity contribution in [3.8, 4) is 11.5 Å². The SMILES string of the molecule is COc1cc2c(Nc3cnn(CC(=O)Nc4cccc(F)c4)c3)ncnc2cc1OCCCN1CCC1. The Morgan fingerprint density at radius 2 is 2.03 bits per heavy atom. The molecule has 0 spiro atoms. The van der Waals surface area contributed by atoms with Gasteiger partial charge in [-0.05, 0) is 50.2 Å². The number of aromatic nitrogens is 4. The van der Waals surface area contributed by atoms with Gasteiger partial charge in [0.05, 0.1) is 31.1 Å². The molecular formula is C26H28FN7O3. The van der Waals surface area contributed by atoms with E-state index in [1.807, 2.05) is 12.1 Å². The molecule has 1 amide bonds. The lowest BCUT2D eigenvalue weighted by atomic mass is 10.2. The Morgan fingerprint density at radius 3 is 2.81 bits per heavy atom. The maximum Gasteiger partial charge on any atom is 0.246 e. The fourth-order valence-corrected chi connectivity index (χ4v) is 4.08. The van der Waals surface area contributed by atoms with Gasteiger partial charge in [-0.3, -0.25) is 9.48 Å². The van der Waals surface area contributed by atoms with Crippen molar-refractivity contribution in [1.82, 2.24) is 24.6 Å². The zero-order chi connectivity index (χ0) is 25.6. The normalized spacial score (nSPS) is 13.2. The highest BCUT2D eigenvalue weighted by Crippen LogP contribution is 2.34. The number of ether oxygens (including phenoxy) is 2. The standard InChI is InChI=1S/C26H28FN7O3/c1-36-23-12-21-22(13-24(23)37-10-4-9-33-7-3-8-33)28-17-29-26(21)32-20-14-30-34(15-20)16-25(35)31-19-6-2-5-18(27)11-19/h2,5-6,11-15,17H,3-4,7-10,16H2,1H3,(H,31,35)(H,28,29,32). The molecule has 0 saturated carbocycles. The van der Waals surface area contributed by atoms with Crippen LogP contribution in [0.25, 0.3) is 10.9 Å². The van der Waals surface area contributed by atoms with Crippen LogP contribution in [0.5, 0.6) is 11.5 Å². The molecule has 2 aromatic heterocycles. The van der Waals surface area contributed by atoms with Crippen LogP contribution < -0.4 is 20.1 Å². The van der Waals surface area contributed by atoms with Gasteiger partial charge in [0.1, 0.15) is 24.5 Å². The topological polar surface area (TPSA) is 106 Å². The van der Waals surface area contributed by atoms with E-state index in [2.05, 4.69) is 30.6 Å². The number of benzene rings is 2. The van der Waals surface area contributed by atoms with Crippen LogP contribution >= 0.6 is 0 Å². The second-order valence-corrected chi connectivity index (χ2v) is 8.75. The Labute approximate surface area is 213 Å². The molecule has 1 aliphatic rings. The summed E-state index contributed by atoms with van der Waals surface area (Å²) in [6.45, 7) is 3.95. The van der Waals surface area contributed by atoms with E-state index < -0.39 is 5.82 Å². The van der Waals surface area contributed by atoms with E-state index in [0.29, 0.717) is 40.8 Å². The number of amides is 1. The van der Waals surface area contributed by atoms with Crippen molar-refractivity contribution in [3.05, 3.63) is 60.9 Å². The van der Waals surface area contributed by atoms with E-state index in [1.165, 1.54) is 48.7 Å². The lowest BCUT2D eigenvalue weighted by Crippen LogP contribution is -2.38. The number of hydrogen-bond acceptors (Lipinski definition) is 8. The Kier molecular flexibility index (Phi) is 7.41. The number of methoxy groups -OCH3 is 1. The number of hydrogen-bond donors (Lipinski definition) is 2. The summed E-state index contributed by atoms with van der Waals surface area (Å²) in [5.41, 5.74) is 1.73. The van der Waals surface area contributed by atoms with E-state index >= 15 is 0 Å². The summed E-state index contributed by atoms with van der Waals surface area (Å²) in [4.78, 5) is 23.5. The number of nitrogens with zero attached hydrogens (tertiary/aromatic N) is 5. The van der Waals surface area contributed by atoms with Gasteiger partial charge < -0.3 is 25.0 Å². The van der Waals surface area contributed by atoms with E-state index in [1.54, 1.807) is 25.6 Å². The second-order valence-electron chi connectivity index (χ2n) is 8.75. The molecule has 0 radical (unpaired) electrons. The monoisotopic (exact) mass is 505 g/mol. The molecule has 0 bridgehead atoms. The molecule has 4 aromatic rings. The van der Waals surface area contributed by atoms with Crippen LogP contribution in [0.3, 0.4) is 0 Å². The number of anilines is 3. The van der Waals surface area contributed by atoms with E-state index in [9.17, 15) is 9.18 Å². The number of halogens is 1. The zero-order valence-corrected chi connectivity index (χ0v) is 20.5. The van der Waals surface area contributed by atoms with Crippen molar-refractivity contribution in [3.63, 3.8) is 0 Å². The van der Waals surface area contributed by atoms with Crippen LogP contribution in [0.4, 0.5) is 21.6 Å². The average molecular weight is 506 g/mol. The molecule has 0 unspecified atom stereocenters. The molecule has 37 heavy (non-hydrogen) atoms. The number of fused-ring (bicyclic) bond motifs is 1. The van der Waals surface area contributed by atoms with Gasteiger partial charge >= 0.3 is 0 Å². The van der Waals surface area contributed by atoms with Crippen molar-refractivity contribution < 1.29 is 18.7 Å². The average Bonchev–Trinajstić information content (AvgIpc) is 3.28. The van der Waals surface area contributed by atoms with Gasteiger partial charge in [-0.25, -0.2) is 14.4 Å². The third-order valence-electron chi connectivity index (χ3n) is 6.06. The summed E-state index contributed by atoms with van der Waals surface area (Å²) in [5, 5.41) is 10.9. The largest absolute Gasteiger partial charge is 0.493 e. The van der Waals surface area contributed by atoms with Crippen molar-refractivity contribution in [2.24, 2.45) is 0 Å². The smallest absolute Gasteiger partial charge is 0.246 e. The highest BCUT2D eigenvalue weighted by molar-refractivity contribution is 5.93. The minimum atomic E-state index is -0.419. The van der Waals surface area contributed by atoms with Crippen molar-refractivity contribution >= 4 is 34.0 Å². The number of carbonyl (C=O) groups is 1. The summed E-state index contributed by atoms with van der Waals surface area (Å²) in [7, 11) is 1.60. The first-order chi connectivity index (χ1) is 18.1. The number of nitrogens with one attached hydrogen (secondary N) is 2. The van der Waals surface area contributed by atoms with Gasteiger partial charge in [0.25, 0.3) is 0 Å². The van der Waals surface area contributed by atoms with Crippen LogP contribution in [-0.4, -0.2) is 63.9 Å². The molecule has 2 aromatic carbocycles. The van der Waals surface area contributed by atoms with Crippen molar-refractivity contribution in [2.75, 3.05) is 44.0 Å². The molecule has 10 nitrogen and oxygen atoms in total. The lowest BCUT2D eigenvalue weighted by Gasteiger charge is -2.30. The molecule has 2 N–H and O–H groups in total. The third-order valence-corrected chi connectivity index (χ3v) is 6.06. The van der Waals surface area contributed by atoms with E-state index in [-0.39, 0.29) is 12.5 Å². The summed E-state index contributed by atoms with van der Waals surface area (Å²) in [5.74, 6) is 1.06. The van der Waals surface area contributed by atoms with Crippen molar-refractivity contribution in [1.29, 1.82) is 0 Å². The van der Waals surface area contributed by atoms with Gasteiger partial charge in [-0.1, -0.05) is 6.07 Å². The number of carbonyl (C=O) groups excluding carboxylic acids is 1. The van der Waals surface area contributed by atoms with Crippen molar-refractivity contribution in [2.45, 2.75) is 19.4 Å². The Balaban J connectivity index is 1.24. The number of rotatable bonds is 11. The molecule has 11 heteroatoms. The summed E-state index contributed by atoms with van der Waals surface area (Å²) in [6, 6.07) is 9.42. The highest BCUT2D eigenvalue weighted by Gasteiger charge is 2.15. The highest BCUT2D eigenvalue weighted by atomic mass is 19.1. The van der Waals surface area contributed by atoms with Crippen LogP contribution in [-0.2, 0) is 11.3 Å². The van der Waals surface area contributed by atoms with E-state index in [0.717, 1.165) is 18.4 Å². The first-order valence-corrected chi connectivity index (χ1v) is 12.1. The zero-order valence-electron chi connectivity index (χ0n) is 20.5. The van der Waals surface area contributed by atoms with Crippen LogP contribution in [0.2, 0.25) is 0 Å². The van der Waals surface area contributed by atoms with Gasteiger partial charge in [0.2, 0.25) is 5.91 Å². The van der Waals surface area contributed by atoms with Gasteiger partial charge in [0, 0.05) is 29.9 Å². The van der Waals surface area contributed by atoms with Crippen LogP contribution in [0.1, 0.15) is 12.8 Å². The predicted molar refractivity (Wildman–Crippen MR) is 138 cm³/mol. The van der Waals surface area contributed by atoms with Gasteiger partial charge in [-0.15, -0.1) is 0 Å². The summed E-state index contributed by atoms with van der Waals surface area (Å²) >= 11 is 0. The summed E-state index contributed by atoms with van der Waals surface area (Å²) < 4.78 is 26.4. The maximum atomic E-state index is 13.3. The number of likely N-dealkylation sites (tertiary alicyclic amines) is 1. The second kappa shape index (κ2) is 11.2. The third kappa shape index (κ3) is 6.12. The molecule has 0 aliphatic carbocycles. The Bertz CT molecular complexity index is 1390. The lowest BCUT2D eigenvalue weighted by molar-refractivity contribution is -0.116. The maximum absolute atomic E-state index is 13.3. The molecule has 1 saturated heterocycles. The first kappa shape index (κ1) is 24.4. The van der Waals surface area contributed by atoms with Crippen LogP contribution in [0, 0.1) is 5.82 Å². The minimum absolute atomic E-state index is 0.0327. The fourth-order valence-electron chi connectivity index (χ4n) is 4.08. The first-order valence-electron chi connectivity index (χ1n) is 12.1. The minimum Gasteiger partial charge on any atom is -0.493 e. The summed E-state index contributed by atoms with van der Waals surface area (Å²) in [6.07, 6.45) is 6.98. The predicted octanol–water partition coefficient (Wildman–Crippen LogP) is 3.83. The molecule has 3 heterocycles. The Hall–Kier alpha value is -4.25. The fraction of sp³-hybridized carbons (Fsp3) is 0.308. The van der Waals surface area contributed by atoms with Gasteiger partial charge in [0.15, 0.2) is 11.5 Å². The quantitative estimate of drug-likeness (QED) is 0.296. The molecule has 5 rings (SSSR count).